The van der Waals surface area contributed by atoms with Gasteiger partial charge in [0.15, 0.2) is 6.61 Å². The highest BCUT2D eigenvalue weighted by Crippen LogP contribution is 2.16. The van der Waals surface area contributed by atoms with Crippen LogP contribution in [0.15, 0.2) is 24.3 Å². The molecule has 110 valence electrons. The molecule has 0 radical (unpaired) electrons. The van der Waals surface area contributed by atoms with Crippen molar-refractivity contribution < 1.29 is 19.4 Å². The Bertz CT molecular complexity index is 483. The third-order valence-corrected chi connectivity index (χ3v) is 2.89. The van der Waals surface area contributed by atoms with Crippen LogP contribution in [0.1, 0.15) is 32.3 Å². The summed E-state index contributed by atoms with van der Waals surface area (Å²) in [6.45, 7) is 5.41. The number of benzene rings is 1. The lowest BCUT2D eigenvalue weighted by Gasteiger charge is -2.25. The average Bonchev–Trinajstić information content (AvgIpc) is 2.35. The number of carbonyl (C=O) groups is 2. The zero-order chi connectivity index (χ0) is 15.2. The highest BCUT2D eigenvalue weighted by molar-refractivity contribution is 5.78. The quantitative estimate of drug-likeness (QED) is 0.801. The van der Waals surface area contributed by atoms with Crippen molar-refractivity contribution in [1.29, 1.82) is 0 Å². The van der Waals surface area contributed by atoms with E-state index in [0.29, 0.717) is 12.2 Å². The zero-order valence-electron chi connectivity index (χ0n) is 12.1. The number of aliphatic carboxylic acids is 1. The minimum atomic E-state index is -0.872. The maximum atomic E-state index is 11.8. The fourth-order valence-electron chi connectivity index (χ4n) is 1.76. The Morgan fingerprint density at radius 1 is 1.30 bits per heavy atom. The second-order valence-corrected chi connectivity index (χ2v) is 5.38. The third kappa shape index (κ3) is 5.73. The number of hydrogen-bond acceptors (Lipinski definition) is 3. The Morgan fingerprint density at radius 3 is 2.55 bits per heavy atom. The van der Waals surface area contributed by atoms with Gasteiger partial charge in [0.1, 0.15) is 5.75 Å². The number of hydrogen-bond donors (Lipinski definition) is 2. The van der Waals surface area contributed by atoms with Crippen LogP contribution in [0.2, 0.25) is 0 Å². The molecule has 2 N–H and O–H groups in total. The molecule has 0 atom stereocenters. The highest BCUT2D eigenvalue weighted by atomic mass is 16.5. The molecule has 1 aromatic carbocycles. The predicted molar refractivity (Wildman–Crippen MR) is 75.8 cm³/mol. The van der Waals surface area contributed by atoms with E-state index in [1.165, 1.54) is 0 Å². The van der Waals surface area contributed by atoms with Crippen LogP contribution < -0.4 is 10.1 Å². The fraction of sp³-hybridized carbons (Fsp3) is 0.467. The summed E-state index contributed by atoms with van der Waals surface area (Å²) in [5, 5.41) is 11.4. The minimum Gasteiger partial charge on any atom is -0.484 e. The molecule has 0 spiro atoms. The summed E-state index contributed by atoms with van der Waals surface area (Å²) in [6.07, 6.45) is 0.393. The van der Waals surface area contributed by atoms with Crippen LogP contribution in [0.4, 0.5) is 0 Å². The topological polar surface area (TPSA) is 75.6 Å². The summed E-state index contributed by atoms with van der Waals surface area (Å²) in [7, 11) is 0. The smallest absolute Gasteiger partial charge is 0.303 e. The van der Waals surface area contributed by atoms with Gasteiger partial charge in [0.05, 0.1) is 0 Å². The number of aryl methyl sites for hydroxylation is 1. The lowest BCUT2D eigenvalue weighted by Crippen LogP contribution is -2.45. The molecule has 0 aromatic heterocycles. The molecule has 0 unspecified atom stereocenters. The lowest BCUT2D eigenvalue weighted by atomic mass is 9.98. The Labute approximate surface area is 118 Å². The van der Waals surface area contributed by atoms with Gasteiger partial charge in [0.2, 0.25) is 0 Å². The SMILES string of the molecule is Cc1ccccc1OCC(=O)NC(C)(C)CCC(=O)O. The number of nitrogens with one attached hydrogen (secondary N) is 1. The number of ether oxygens (including phenoxy) is 1. The summed E-state index contributed by atoms with van der Waals surface area (Å²) in [6, 6.07) is 7.45. The van der Waals surface area contributed by atoms with E-state index in [2.05, 4.69) is 5.32 Å². The van der Waals surface area contributed by atoms with Crippen molar-refractivity contribution in [3.05, 3.63) is 29.8 Å². The number of rotatable bonds is 7. The molecule has 1 rings (SSSR count). The first-order valence-corrected chi connectivity index (χ1v) is 6.51. The monoisotopic (exact) mass is 279 g/mol. The molecule has 0 saturated heterocycles. The van der Waals surface area contributed by atoms with E-state index >= 15 is 0 Å². The van der Waals surface area contributed by atoms with E-state index in [0.717, 1.165) is 5.56 Å². The van der Waals surface area contributed by atoms with Gasteiger partial charge in [0, 0.05) is 12.0 Å². The molecule has 0 heterocycles. The maximum Gasteiger partial charge on any atom is 0.303 e. The molecule has 1 amide bonds. The Hall–Kier alpha value is -2.04. The molecule has 0 bridgehead atoms. The number of carbonyl (C=O) groups excluding carboxylic acids is 1. The summed E-state index contributed by atoms with van der Waals surface area (Å²) >= 11 is 0. The first-order chi connectivity index (χ1) is 9.30. The Kier molecular flexibility index (Phi) is 5.55. The summed E-state index contributed by atoms with van der Waals surface area (Å²) < 4.78 is 5.44. The van der Waals surface area contributed by atoms with E-state index in [1.807, 2.05) is 25.1 Å². The van der Waals surface area contributed by atoms with E-state index in [-0.39, 0.29) is 18.9 Å². The molecular formula is C15H21NO4. The van der Waals surface area contributed by atoms with Crippen molar-refractivity contribution in [3.63, 3.8) is 0 Å². The van der Waals surface area contributed by atoms with Crippen molar-refractivity contribution in [1.82, 2.24) is 5.32 Å². The largest absolute Gasteiger partial charge is 0.484 e. The first-order valence-electron chi connectivity index (χ1n) is 6.51. The van der Waals surface area contributed by atoms with Gasteiger partial charge in [-0.1, -0.05) is 18.2 Å². The Balaban J connectivity index is 2.43. The van der Waals surface area contributed by atoms with Crippen LogP contribution in [0, 0.1) is 6.92 Å². The van der Waals surface area contributed by atoms with Gasteiger partial charge in [-0.05, 0) is 38.8 Å². The van der Waals surface area contributed by atoms with Gasteiger partial charge < -0.3 is 15.2 Å². The molecule has 20 heavy (non-hydrogen) atoms. The van der Waals surface area contributed by atoms with Crippen LogP contribution in [0.5, 0.6) is 5.75 Å². The number of para-hydroxylation sites is 1. The van der Waals surface area contributed by atoms with E-state index in [9.17, 15) is 9.59 Å². The van der Waals surface area contributed by atoms with Crippen molar-refractivity contribution in [2.24, 2.45) is 0 Å². The van der Waals surface area contributed by atoms with E-state index in [4.69, 9.17) is 9.84 Å². The van der Waals surface area contributed by atoms with Gasteiger partial charge in [-0.3, -0.25) is 9.59 Å². The standard InChI is InChI=1S/C15H21NO4/c1-11-6-4-5-7-12(11)20-10-13(17)16-15(2,3)9-8-14(18)19/h4-7H,8-10H2,1-3H3,(H,16,17)(H,18,19). The van der Waals surface area contributed by atoms with Gasteiger partial charge in [-0.25, -0.2) is 0 Å². The number of carboxylic acids is 1. The van der Waals surface area contributed by atoms with Crippen LogP contribution >= 0.6 is 0 Å². The van der Waals surface area contributed by atoms with Crippen molar-refractivity contribution in [2.75, 3.05) is 6.61 Å². The molecule has 0 aliphatic heterocycles. The van der Waals surface area contributed by atoms with Crippen molar-refractivity contribution in [3.8, 4) is 5.75 Å². The second-order valence-electron chi connectivity index (χ2n) is 5.38. The summed E-state index contributed by atoms with van der Waals surface area (Å²) in [5.74, 6) is -0.460. The van der Waals surface area contributed by atoms with Gasteiger partial charge >= 0.3 is 5.97 Å². The molecule has 0 aliphatic carbocycles. The zero-order valence-corrected chi connectivity index (χ0v) is 12.1. The molecule has 1 aromatic rings. The fourth-order valence-corrected chi connectivity index (χ4v) is 1.76. The van der Waals surface area contributed by atoms with E-state index in [1.54, 1.807) is 19.9 Å². The average molecular weight is 279 g/mol. The van der Waals surface area contributed by atoms with Crippen LogP contribution in [0.3, 0.4) is 0 Å². The normalized spacial score (nSPS) is 10.9. The van der Waals surface area contributed by atoms with E-state index < -0.39 is 11.5 Å². The van der Waals surface area contributed by atoms with Crippen LogP contribution in [0.25, 0.3) is 0 Å². The summed E-state index contributed by atoms with van der Waals surface area (Å²) in [4.78, 5) is 22.3. The summed E-state index contributed by atoms with van der Waals surface area (Å²) in [5.41, 5.74) is 0.398. The number of amides is 1. The molecule has 0 saturated carbocycles. The molecule has 0 aliphatic rings. The van der Waals surface area contributed by atoms with Gasteiger partial charge in [-0.2, -0.15) is 0 Å². The minimum absolute atomic E-state index is 0.0198. The molecule has 0 fully saturated rings. The molecular weight excluding hydrogens is 258 g/mol. The predicted octanol–water partition coefficient (Wildman–Crippen LogP) is 2.13. The van der Waals surface area contributed by atoms with Gasteiger partial charge in [0.25, 0.3) is 5.91 Å². The molecule has 5 heteroatoms. The highest BCUT2D eigenvalue weighted by Gasteiger charge is 2.21. The van der Waals surface area contributed by atoms with Gasteiger partial charge in [-0.15, -0.1) is 0 Å². The number of carboxylic acid groups (broad SMARTS) is 1. The first kappa shape index (κ1) is 16.0. The van der Waals surface area contributed by atoms with Crippen molar-refractivity contribution >= 4 is 11.9 Å². The third-order valence-electron chi connectivity index (χ3n) is 2.89. The van der Waals surface area contributed by atoms with Crippen LogP contribution in [-0.2, 0) is 9.59 Å². The van der Waals surface area contributed by atoms with Crippen molar-refractivity contribution in [2.45, 2.75) is 39.2 Å². The lowest BCUT2D eigenvalue weighted by molar-refractivity contribution is -0.138. The maximum absolute atomic E-state index is 11.8. The molecule has 5 nitrogen and oxygen atoms in total. The van der Waals surface area contributed by atoms with Crippen LogP contribution in [-0.4, -0.2) is 29.1 Å². The second kappa shape index (κ2) is 6.93. The Morgan fingerprint density at radius 2 is 1.95 bits per heavy atom.